The number of hydrogen-bond donors (Lipinski definition) is 0. The van der Waals surface area contributed by atoms with Crippen molar-refractivity contribution in [3.8, 4) is 11.1 Å². The number of aliphatic imine (C=N–C) groups is 2. The Labute approximate surface area is 413 Å². The summed E-state index contributed by atoms with van der Waals surface area (Å²) in [4.78, 5) is 11.8. The van der Waals surface area contributed by atoms with Gasteiger partial charge in [0.2, 0.25) is 0 Å². The molecule has 0 fully saturated rings. The largest absolute Gasteiger partial charge is 0.258 e. The average Bonchev–Trinajstić information content (AvgIpc) is 3.98. The Morgan fingerprint density at radius 1 is 0.443 bits per heavy atom. The number of rotatable bonds is 4. The van der Waals surface area contributed by atoms with Gasteiger partial charge >= 0.3 is 0 Å². The predicted molar refractivity (Wildman–Crippen MR) is 302 cm³/mol. The second kappa shape index (κ2) is 15.9. The highest BCUT2D eigenvalue weighted by molar-refractivity contribution is 7.26. The van der Waals surface area contributed by atoms with Crippen LogP contribution in [-0.4, -0.2) is 11.5 Å². The molecule has 330 valence electrons. The van der Waals surface area contributed by atoms with Gasteiger partial charge in [-0.05, 0) is 145 Å². The van der Waals surface area contributed by atoms with Crippen molar-refractivity contribution in [2.24, 2.45) is 9.98 Å². The maximum atomic E-state index is 5.97. The van der Waals surface area contributed by atoms with Crippen LogP contribution in [0.25, 0.3) is 94.6 Å². The van der Waals surface area contributed by atoms with E-state index in [1.54, 1.807) is 0 Å². The van der Waals surface area contributed by atoms with Crippen molar-refractivity contribution in [3.63, 3.8) is 0 Å². The zero-order chi connectivity index (χ0) is 45.9. The van der Waals surface area contributed by atoms with E-state index in [2.05, 4.69) is 206 Å². The molecule has 2 aliphatic rings. The number of thiophene rings is 2. The highest BCUT2D eigenvalue weighted by Crippen LogP contribution is 2.52. The van der Waals surface area contributed by atoms with Crippen molar-refractivity contribution >= 4 is 118 Å². The summed E-state index contributed by atoms with van der Waals surface area (Å²) in [5, 5.41) is 15.4. The first-order valence-corrected chi connectivity index (χ1v) is 26.3. The molecule has 0 spiro atoms. The van der Waals surface area contributed by atoms with Crippen LogP contribution >= 0.6 is 22.7 Å². The molecule has 0 saturated carbocycles. The summed E-state index contributed by atoms with van der Waals surface area (Å²) in [6.07, 6.45) is 3.65. The van der Waals surface area contributed by atoms with E-state index in [0.29, 0.717) is 0 Å². The van der Waals surface area contributed by atoms with Crippen LogP contribution < -0.4 is 0 Å². The van der Waals surface area contributed by atoms with E-state index < -0.39 is 0 Å². The molecule has 0 N–H and O–H groups in total. The van der Waals surface area contributed by atoms with Gasteiger partial charge in [0.1, 0.15) is 0 Å². The lowest BCUT2D eigenvalue weighted by Crippen LogP contribution is -2.16. The SMILES string of the molecule is c1ccc2cc(C3CCC/C(c4c5ccccc5c(C5Cc6cc7ccccc7cc6-c6cc7ccccc7cc65)c5sc6ccccc6c45)=N\C(c4cccc5c4sc4ccccc45)=N/3)ccc2c1. The Morgan fingerprint density at radius 3 is 1.83 bits per heavy atom. The molecule has 70 heavy (non-hydrogen) atoms. The minimum atomic E-state index is -0.0295. The Bertz CT molecular complexity index is 4390. The Morgan fingerprint density at radius 2 is 1.04 bits per heavy atom. The zero-order valence-corrected chi connectivity index (χ0v) is 40.0. The molecule has 1 aliphatic carbocycles. The van der Waals surface area contributed by atoms with Crippen LogP contribution in [0.3, 0.4) is 0 Å². The van der Waals surface area contributed by atoms with Crippen LogP contribution in [-0.2, 0) is 6.42 Å². The van der Waals surface area contributed by atoms with Crippen molar-refractivity contribution in [1.82, 2.24) is 0 Å². The summed E-state index contributed by atoms with van der Waals surface area (Å²) in [7, 11) is 0. The lowest BCUT2D eigenvalue weighted by Gasteiger charge is -2.31. The average molecular weight is 929 g/mol. The van der Waals surface area contributed by atoms with Crippen LogP contribution in [0.15, 0.2) is 216 Å². The predicted octanol–water partition coefficient (Wildman–Crippen LogP) is 18.6. The molecule has 1 aliphatic heterocycles. The fourth-order valence-electron chi connectivity index (χ4n) is 12.2. The van der Waals surface area contributed by atoms with Gasteiger partial charge in [-0.25, -0.2) is 4.99 Å². The first-order chi connectivity index (χ1) is 34.7. The van der Waals surface area contributed by atoms with Crippen LogP contribution in [0.2, 0.25) is 0 Å². The van der Waals surface area contributed by atoms with E-state index in [4.69, 9.17) is 9.98 Å². The second-order valence-electron chi connectivity index (χ2n) is 19.3. The summed E-state index contributed by atoms with van der Waals surface area (Å²) >= 11 is 3.82. The van der Waals surface area contributed by atoms with Crippen molar-refractivity contribution in [3.05, 3.63) is 240 Å². The summed E-state index contributed by atoms with van der Waals surface area (Å²) in [5.41, 5.74) is 11.7. The van der Waals surface area contributed by atoms with E-state index in [-0.39, 0.29) is 12.0 Å². The van der Waals surface area contributed by atoms with E-state index in [1.165, 1.54) is 122 Å². The number of benzene rings is 11. The van der Waals surface area contributed by atoms with Crippen molar-refractivity contribution in [2.45, 2.75) is 37.6 Å². The third-order valence-electron chi connectivity index (χ3n) is 15.4. The lowest BCUT2D eigenvalue weighted by molar-refractivity contribution is 0.623. The van der Waals surface area contributed by atoms with Crippen LogP contribution in [0.5, 0.6) is 0 Å². The molecule has 15 rings (SSSR count). The van der Waals surface area contributed by atoms with E-state index in [0.717, 1.165) is 42.8 Å². The topological polar surface area (TPSA) is 24.7 Å². The molecule has 2 aromatic heterocycles. The van der Waals surface area contributed by atoms with Gasteiger partial charge in [0.15, 0.2) is 5.84 Å². The quantitative estimate of drug-likeness (QED) is 0.168. The first-order valence-electron chi connectivity index (χ1n) is 24.6. The Hall–Kier alpha value is -7.76. The minimum absolute atomic E-state index is 0.0295. The van der Waals surface area contributed by atoms with Gasteiger partial charge in [-0.2, -0.15) is 0 Å². The fourth-order valence-corrected chi connectivity index (χ4v) is 14.7. The van der Waals surface area contributed by atoms with Crippen LogP contribution in [0.1, 0.15) is 64.6 Å². The van der Waals surface area contributed by atoms with E-state index in [9.17, 15) is 0 Å². The number of amidine groups is 1. The molecule has 2 nitrogen and oxygen atoms in total. The summed E-state index contributed by atoms with van der Waals surface area (Å²) in [5.74, 6) is 0.954. The van der Waals surface area contributed by atoms with Gasteiger partial charge in [0, 0.05) is 57.4 Å². The monoisotopic (exact) mass is 928 g/mol. The van der Waals surface area contributed by atoms with Gasteiger partial charge in [-0.15, -0.1) is 22.7 Å². The molecular formula is C66H44N2S2. The van der Waals surface area contributed by atoms with Gasteiger partial charge in [0.25, 0.3) is 0 Å². The summed E-state index contributed by atoms with van der Waals surface area (Å²) < 4.78 is 5.20. The van der Waals surface area contributed by atoms with Crippen molar-refractivity contribution in [2.75, 3.05) is 0 Å². The van der Waals surface area contributed by atoms with Crippen molar-refractivity contribution < 1.29 is 0 Å². The summed E-state index contributed by atoms with van der Waals surface area (Å²) in [6.45, 7) is 0. The molecular weight excluding hydrogens is 885 g/mol. The first kappa shape index (κ1) is 40.2. The van der Waals surface area contributed by atoms with Crippen molar-refractivity contribution in [1.29, 1.82) is 0 Å². The molecule has 13 aromatic rings. The fraction of sp³-hybridized carbons (Fsp3) is 0.0909. The van der Waals surface area contributed by atoms with E-state index >= 15 is 0 Å². The third-order valence-corrected chi connectivity index (χ3v) is 17.8. The van der Waals surface area contributed by atoms with Crippen LogP contribution in [0.4, 0.5) is 0 Å². The molecule has 2 atom stereocenters. The molecule has 0 bridgehead atoms. The highest BCUT2D eigenvalue weighted by Gasteiger charge is 2.33. The maximum absolute atomic E-state index is 5.97. The van der Waals surface area contributed by atoms with Gasteiger partial charge in [-0.3, -0.25) is 4.99 Å². The number of nitrogens with zero attached hydrogens (tertiary/aromatic N) is 2. The molecule has 0 radical (unpaired) electrons. The molecule has 3 heterocycles. The maximum Gasteiger partial charge on any atom is 0.156 e. The molecule has 4 heteroatoms. The normalized spacial score (nSPS) is 17.7. The highest BCUT2D eigenvalue weighted by atomic mass is 32.1. The smallest absolute Gasteiger partial charge is 0.156 e. The number of hydrogen-bond acceptors (Lipinski definition) is 4. The second-order valence-corrected chi connectivity index (χ2v) is 21.4. The molecule has 0 saturated heterocycles. The van der Waals surface area contributed by atoms with Gasteiger partial charge in [-0.1, -0.05) is 164 Å². The molecule has 11 aromatic carbocycles. The number of fused-ring (bicyclic) bond motifs is 13. The molecule has 0 amide bonds. The third kappa shape index (κ3) is 6.30. The van der Waals surface area contributed by atoms with Gasteiger partial charge < -0.3 is 0 Å². The standard InChI is InChI=1S/C66H44N2S2/c1-2-16-40-33-45(32-31-39(40)15-1)57-27-14-28-58(68-66(67-57)52-26-13-25-50-47-21-9-11-29-59(47)69-64(50)52)62-49-23-8-7-22-48(49)61(65-63(62)51-24-10-12-30-60(51)70-65)56-38-46-34-41-17-3-4-18-42(41)35-53(46)54-36-43-19-5-6-20-44(43)37-55(54)56/h1-13,15-26,29-37,56-57H,14,27-28,38H2/b67-66-,68-58+. The zero-order valence-electron chi connectivity index (χ0n) is 38.3. The summed E-state index contributed by atoms with van der Waals surface area (Å²) in [6, 6.07) is 77.2. The van der Waals surface area contributed by atoms with Crippen LogP contribution in [0, 0.1) is 0 Å². The van der Waals surface area contributed by atoms with Gasteiger partial charge in [0.05, 0.1) is 11.8 Å². The lowest BCUT2D eigenvalue weighted by atomic mass is 9.72. The molecule has 2 unspecified atom stereocenters. The minimum Gasteiger partial charge on any atom is -0.258 e. The van der Waals surface area contributed by atoms with E-state index in [1.807, 2.05) is 22.7 Å². The Kier molecular flexibility index (Phi) is 9.12. The Balaban J connectivity index is 1.00.